The Morgan fingerprint density at radius 1 is 1.21 bits per heavy atom. The van der Waals surface area contributed by atoms with E-state index in [2.05, 4.69) is 31.5 Å². The van der Waals surface area contributed by atoms with Crippen LogP contribution in [0.4, 0.5) is 16.2 Å². The number of carbonyl (C=O) groups excluding carboxylic acids is 2. The number of benzene rings is 2. The minimum Gasteiger partial charge on any atom is -0.353 e. The molecule has 0 aliphatic carbocycles. The summed E-state index contributed by atoms with van der Waals surface area (Å²) in [6.45, 7) is 2.49. The maximum absolute atomic E-state index is 14.0. The van der Waals surface area contributed by atoms with Crippen molar-refractivity contribution in [1.29, 1.82) is 0 Å². The molecule has 2 amide bonds. The Kier molecular flexibility index (Phi) is 6.32. The highest BCUT2D eigenvalue weighted by molar-refractivity contribution is 9.10. The van der Waals surface area contributed by atoms with Crippen LogP contribution >= 0.6 is 15.9 Å². The fourth-order valence-electron chi connectivity index (χ4n) is 4.41. The molecule has 2 saturated heterocycles. The van der Waals surface area contributed by atoms with Crippen LogP contribution in [0.5, 0.6) is 0 Å². The number of carbonyl (C=O) groups is 2. The van der Waals surface area contributed by atoms with Crippen molar-refractivity contribution < 1.29 is 14.0 Å². The van der Waals surface area contributed by atoms with Gasteiger partial charge in [-0.1, -0.05) is 34.1 Å². The molecule has 3 heterocycles. The van der Waals surface area contributed by atoms with E-state index >= 15 is 0 Å². The Hall–Kier alpha value is -3.27. The van der Waals surface area contributed by atoms with Gasteiger partial charge < -0.3 is 20.4 Å². The first-order chi connectivity index (χ1) is 16.5. The molecule has 10 heteroatoms. The van der Waals surface area contributed by atoms with E-state index in [-0.39, 0.29) is 30.2 Å². The molecular formula is C24H24BrFN6O2. The monoisotopic (exact) mass is 526 g/mol. The Labute approximate surface area is 204 Å². The van der Waals surface area contributed by atoms with Crippen LogP contribution in [0.15, 0.2) is 46.9 Å². The number of nitrogens with one attached hydrogen (secondary N) is 2. The number of halogens is 2. The number of rotatable bonds is 5. The minimum absolute atomic E-state index is 0.0216. The van der Waals surface area contributed by atoms with Gasteiger partial charge in [0.1, 0.15) is 11.6 Å². The number of fused-ring (bicyclic) bond motifs is 1. The average molecular weight is 527 g/mol. The van der Waals surface area contributed by atoms with Crippen LogP contribution in [0.2, 0.25) is 0 Å². The maximum atomic E-state index is 14.0. The van der Waals surface area contributed by atoms with Crippen molar-refractivity contribution in [3.8, 4) is 0 Å². The fraction of sp³-hybridized carbons (Fsp3) is 0.333. The predicted molar refractivity (Wildman–Crippen MR) is 131 cm³/mol. The Morgan fingerprint density at radius 2 is 2.06 bits per heavy atom. The van der Waals surface area contributed by atoms with Crippen LogP contribution in [0.1, 0.15) is 12.0 Å². The van der Waals surface area contributed by atoms with Crippen LogP contribution in [-0.4, -0.2) is 65.4 Å². The van der Waals surface area contributed by atoms with Gasteiger partial charge in [0.25, 0.3) is 0 Å². The zero-order valence-corrected chi connectivity index (χ0v) is 20.0. The van der Waals surface area contributed by atoms with Gasteiger partial charge in [-0.2, -0.15) is 4.98 Å². The summed E-state index contributed by atoms with van der Waals surface area (Å²) in [4.78, 5) is 37.7. The van der Waals surface area contributed by atoms with E-state index in [1.807, 2.05) is 34.1 Å². The minimum atomic E-state index is -0.385. The molecule has 1 atom stereocenters. The number of hydrogen-bond donors (Lipinski definition) is 2. The van der Waals surface area contributed by atoms with Crippen molar-refractivity contribution >= 4 is 50.4 Å². The Morgan fingerprint density at radius 3 is 2.88 bits per heavy atom. The summed E-state index contributed by atoms with van der Waals surface area (Å²) >= 11 is 3.50. The topological polar surface area (TPSA) is 90.5 Å². The molecule has 0 radical (unpaired) electrons. The lowest BCUT2D eigenvalue weighted by Gasteiger charge is -2.29. The van der Waals surface area contributed by atoms with E-state index in [0.717, 1.165) is 16.5 Å². The van der Waals surface area contributed by atoms with E-state index in [4.69, 9.17) is 4.98 Å². The smallest absolute Gasteiger partial charge is 0.239 e. The molecule has 0 bridgehead atoms. The number of piperazine rings is 1. The Bertz CT molecular complexity index is 1260. The fourth-order valence-corrected chi connectivity index (χ4v) is 4.84. The van der Waals surface area contributed by atoms with E-state index in [1.54, 1.807) is 6.07 Å². The van der Waals surface area contributed by atoms with E-state index in [9.17, 15) is 14.0 Å². The van der Waals surface area contributed by atoms with E-state index < -0.39 is 0 Å². The molecule has 2 aromatic carbocycles. The molecule has 0 spiro atoms. The SMILES string of the molecule is O=C1CN(c2nc(NC3CCN(C(=O)Cc4ccccc4Br)C3)nc3cc(F)ccc23)CCN1. The summed E-state index contributed by atoms with van der Waals surface area (Å²) in [5, 5.41) is 6.83. The second-order valence-electron chi connectivity index (χ2n) is 8.54. The quantitative estimate of drug-likeness (QED) is 0.531. The predicted octanol–water partition coefficient (Wildman–Crippen LogP) is 2.72. The Balaban J connectivity index is 1.33. The van der Waals surface area contributed by atoms with Gasteiger partial charge in [0.2, 0.25) is 17.8 Å². The van der Waals surface area contributed by atoms with Gasteiger partial charge in [-0.3, -0.25) is 9.59 Å². The van der Waals surface area contributed by atoms with Crippen LogP contribution < -0.4 is 15.5 Å². The molecule has 0 saturated carbocycles. The molecule has 2 fully saturated rings. The summed E-state index contributed by atoms with van der Waals surface area (Å²) in [6, 6.07) is 12.1. The van der Waals surface area contributed by atoms with Crippen molar-refractivity contribution in [3.63, 3.8) is 0 Å². The van der Waals surface area contributed by atoms with Gasteiger partial charge in [-0.25, -0.2) is 9.37 Å². The van der Waals surface area contributed by atoms with Gasteiger partial charge in [-0.05, 0) is 30.2 Å². The summed E-state index contributed by atoms with van der Waals surface area (Å²) in [6.07, 6.45) is 1.09. The standard InChI is InChI=1S/C24H24BrFN6O2/c25-19-4-2-1-3-15(19)11-22(34)31-9-7-17(13-31)28-24-29-20-12-16(26)5-6-18(20)23(30-24)32-10-8-27-21(33)14-32/h1-6,12,17H,7-11,13-14H2,(H,27,33)(H,28,29,30). The van der Waals surface area contributed by atoms with Gasteiger partial charge in [0, 0.05) is 48.1 Å². The first-order valence-electron chi connectivity index (χ1n) is 11.2. The van der Waals surface area contributed by atoms with Crippen LogP contribution in [-0.2, 0) is 16.0 Å². The normalized spacial score (nSPS) is 18.3. The lowest BCUT2D eigenvalue weighted by Crippen LogP contribution is -2.48. The van der Waals surface area contributed by atoms with Crippen LogP contribution in [0.3, 0.4) is 0 Å². The summed E-state index contributed by atoms with van der Waals surface area (Å²) in [5.74, 6) is 0.568. The van der Waals surface area contributed by atoms with Gasteiger partial charge in [0.15, 0.2) is 0 Å². The second-order valence-corrected chi connectivity index (χ2v) is 9.40. The number of amides is 2. The zero-order valence-electron chi connectivity index (χ0n) is 18.4. The van der Waals surface area contributed by atoms with Crippen molar-refractivity contribution in [1.82, 2.24) is 20.2 Å². The molecule has 1 aromatic heterocycles. The molecule has 2 N–H and O–H groups in total. The number of nitrogens with zero attached hydrogens (tertiary/aromatic N) is 4. The van der Waals surface area contributed by atoms with Crippen molar-refractivity contribution in [3.05, 3.63) is 58.3 Å². The number of likely N-dealkylation sites (tertiary alicyclic amines) is 1. The number of aromatic nitrogens is 2. The van der Waals surface area contributed by atoms with Crippen LogP contribution in [0.25, 0.3) is 10.9 Å². The highest BCUT2D eigenvalue weighted by Gasteiger charge is 2.28. The maximum Gasteiger partial charge on any atom is 0.239 e. The molecular weight excluding hydrogens is 503 g/mol. The third-order valence-corrected chi connectivity index (χ3v) is 6.92. The zero-order chi connectivity index (χ0) is 23.7. The molecule has 2 aliphatic heterocycles. The number of anilines is 2. The third kappa shape index (κ3) is 4.82. The molecule has 1 unspecified atom stereocenters. The molecule has 3 aromatic rings. The highest BCUT2D eigenvalue weighted by atomic mass is 79.9. The molecule has 176 valence electrons. The first-order valence-corrected chi connectivity index (χ1v) is 12.0. The largest absolute Gasteiger partial charge is 0.353 e. The lowest BCUT2D eigenvalue weighted by atomic mass is 10.1. The van der Waals surface area contributed by atoms with E-state index in [1.165, 1.54) is 12.1 Å². The third-order valence-electron chi connectivity index (χ3n) is 6.15. The van der Waals surface area contributed by atoms with E-state index in [0.29, 0.717) is 55.3 Å². The first kappa shape index (κ1) is 22.5. The molecule has 2 aliphatic rings. The van der Waals surface area contributed by atoms with Gasteiger partial charge >= 0.3 is 0 Å². The van der Waals surface area contributed by atoms with Gasteiger partial charge in [-0.15, -0.1) is 0 Å². The highest BCUT2D eigenvalue weighted by Crippen LogP contribution is 2.27. The molecule has 34 heavy (non-hydrogen) atoms. The number of hydrogen-bond acceptors (Lipinski definition) is 6. The van der Waals surface area contributed by atoms with Crippen molar-refractivity contribution in [2.24, 2.45) is 0 Å². The average Bonchev–Trinajstić information content (AvgIpc) is 3.28. The van der Waals surface area contributed by atoms with Crippen molar-refractivity contribution in [2.75, 3.05) is 42.9 Å². The van der Waals surface area contributed by atoms with Crippen LogP contribution in [0, 0.1) is 5.82 Å². The summed E-state index contributed by atoms with van der Waals surface area (Å²) < 4.78 is 14.9. The molecule has 5 rings (SSSR count). The van der Waals surface area contributed by atoms with Crippen molar-refractivity contribution in [2.45, 2.75) is 18.9 Å². The summed E-state index contributed by atoms with van der Waals surface area (Å²) in [5.41, 5.74) is 1.43. The lowest BCUT2D eigenvalue weighted by molar-refractivity contribution is -0.129. The summed E-state index contributed by atoms with van der Waals surface area (Å²) in [7, 11) is 0. The second kappa shape index (κ2) is 9.54. The molecule has 8 nitrogen and oxygen atoms in total. The van der Waals surface area contributed by atoms with Gasteiger partial charge in [0.05, 0.1) is 18.5 Å².